The summed E-state index contributed by atoms with van der Waals surface area (Å²) < 4.78 is 1.83. The number of nitrogens with zero attached hydrogens (tertiary/aromatic N) is 2. The Morgan fingerprint density at radius 3 is 2.84 bits per heavy atom. The van der Waals surface area contributed by atoms with Crippen LogP contribution >= 0.6 is 12.4 Å². The Hall–Kier alpha value is -1.39. The lowest BCUT2D eigenvalue weighted by molar-refractivity contribution is 0.0895. The fraction of sp³-hybridized carbons (Fsp3) is 0.429. The van der Waals surface area contributed by atoms with Crippen LogP contribution in [-0.2, 0) is 7.05 Å². The SMILES string of the molecule is Cl.Cn1ncc2cc(C(=O)C3CCNCC3)ccc21. The zero-order valence-electron chi connectivity index (χ0n) is 10.9. The van der Waals surface area contributed by atoms with Gasteiger partial charge in [-0.25, -0.2) is 0 Å². The maximum Gasteiger partial charge on any atom is 0.166 e. The summed E-state index contributed by atoms with van der Waals surface area (Å²) in [6.07, 6.45) is 3.71. The second-order valence-corrected chi connectivity index (χ2v) is 4.93. The Balaban J connectivity index is 0.00000133. The van der Waals surface area contributed by atoms with E-state index in [1.807, 2.05) is 36.1 Å². The van der Waals surface area contributed by atoms with E-state index in [4.69, 9.17) is 0 Å². The zero-order chi connectivity index (χ0) is 12.5. The molecule has 0 atom stereocenters. The first kappa shape index (κ1) is 14.0. The summed E-state index contributed by atoms with van der Waals surface area (Å²) in [5, 5.41) is 8.53. The molecule has 1 fully saturated rings. The summed E-state index contributed by atoms with van der Waals surface area (Å²) in [5.74, 6) is 0.461. The monoisotopic (exact) mass is 279 g/mol. The van der Waals surface area contributed by atoms with Gasteiger partial charge in [-0.1, -0.05) is 0 Å². The molecule has 2 heterocycles. The number of carbonyl (C=O) groups is 1. The zero-order valence-corrected chi connectivity index (χ0v) is 11.7. The molecule has 1 saturated heterocycles. The van der Waals surface area contributed by atoms with Crippen LogP contribution in [0.4, 0.5) is 0 Å². The number of aromatic nitrogens is 2. The van der Waals surface area contributed by atoms with Crippen molar-refractivity contribution in [3.63, 3.8) is 0 Å². The fourth-order valence-electron chi connectivity index (χ4n) is 2.64. The van der Waals surface area contributed by atoms with Crippen molar-refractivity contribution in [1.29, 1.82) is 0 Å². The van der Waals surface area contributed by atoms with Gasteiger partial charge in [0.05, 0.1) is 11.7 Å². The lowest BCUT2D eigenvalue weighted by atomic mass is 9.89. The van der Waals surface area contributed by atoms with E-state index in [-0.39, 0.29) is 24.1 Å². The number of fused-ring (bicyclic) bond motifs is 1. The van der Waals surface area contributed by atoms with Crippen LogP contribution in [0.2, 0.25) is 0 Å². The molecule has 19 heavy (non-hydrogen) atoms. The molecular weight excluding hydrogens is 262 g/mol. The lowest BCUT2D eigenvalue weighted by Gasteiger charge is -2.21. The van der Waals surface area contributed by atoms with Crippen molar-refractivity contribution in [2.45, 2.75) is 12.8 Å². The Bertz CT molecular complexity index is 587. The van der Waals surface area contributed by atoms with E-state index in [1.54, 1.807) is 0 Å². The molecule has 5 heteroatoms. The normalized spacial score (nSPS) is 16.3. The van der Waals surface area contributed by atoms with E-state index in [0.717, 1.165) is 42.4 Å². The number of aryl methyl sites for hydroxylation is 1. The Morgan fingerprint density at radius 1 is 1.37 bits per heavy atom. The smallest absolute Gasteiger partial charge is 0.166 e. The standard InChI is InChI=1S/C14H17N3O.ClH/c1-17-13-3-2-11(8-12(13)9-16-17)14(18)10-4-6-15-7-5-10;/h2-3,8-10,15H,4-7H2,1H3;1H. The largest absolute Gasteiger partial charge is 0.317 e. The molecule has 0 spiro atoms. The minimum atomic E-state index is 0. The number of rotatable bonds is 2. The summed E-state index contributed by atoms with van der Waals surface area (Å²) >= 11 is 0. The van der Waals surface area contributed by atoms with E-state index in [2.05, 4.69) is 10.4 Å². The van der Waals surface area contributed by atoms with Gasteiger partial charge < -0.3 is 5.32 Å². The van der Waals surface area contributed by atoms with Gasteiger partial charge in [0.2, 0.25) is 0 Å². The first-order chi connectivity index (χ1) is 8.75. The number of ketones is 1. The fourth-order valence-corrected chi connectivity index (χ4v) is 2.64. The molecule has 0 bridgehead atoms. The van der Waals surface area contributed by atoms with Crippen LogP contribution in [-0.4, -0.2) is 28.7 Å². The second kappa shape index (κ2) is 5.72. The maximum absolute atomic E-state index is 12.4. The number of Topliss-reactive ketones (excluding diaryl/α,β-unsaturated/α-hetero) is 1. The van der Waals surface area contributed by atoms with Crippen molar-refractivity contribution in [1.82, 2.24) is 15.1 Å². The molecule has 4 nitrogen and oxygen atoms in total. The van der Waals surface area contributed by atoms with E-state index in [0.29, 0.717) is 0 Å². The van der Waals surface area contributed by atoms with Crippen molar-refractivity contribution < 1.29 is 4.79 Å². The molecule has 0 aliphatic carbocycles. The van der Waals surface area contributed by atoms with Crippen molar-refractivity contribution in [3.05, 3.63) is 30.0 Å². The van der Waals surface area contributed by atoms with Crippen molar-refractivity contribution in [3.8, 4) is 0 Å². The summed E-state index contributed by atoms with van der Waals surface area (Å²) in [4.78, 5) is 12.4. The molecule has 0 radical (unpaired) electrons. The van der Waals surface area contributed by atoms with Crippen LogP contribution in [0.15, 0.2) is 24.4 Å². The van der Waals surface area contributed by atoms with E-state index >= 15 is 0 Å². The first-order valence-electron chi connectivity index (χ1n) is 6.42. The Kier molecular flexibility index (Phi) is 4.22. The van der Waals surface area contributed by atoms with Crippen molar-refractivity contribution >= 4 is 29.1 Å². The van der Waals surface area contributed by atoms with Gasteiger partial charge in [0, 0.05) is 23.9 Å². The molecule has 1 aromatic heterocycles. The van der Waals surface area contributed by atoms with Crippen molar-refractivity contribution in [2.24, 2.45) is 13.0 Å². The lowest BCUT2D eigenvalue weighted by Crippen LogP contribution is -2.31. The van der Waals surface area contributed by atoms with Crippen LogP contribution < -0.4 is 5.32 Å². The molecule has 1 aliphatic rings. The number of nitrogens with one attached hydrogen (secondary N) is 1. The van der Waals surface area contributed by atoms with Crippen LogP contribution in [0.5, 0.6) is 0 Å². The minimum absolute atomic E-state index is 0. The molecule has 1 N–H and O–H groups in total. The summed E-state index contributed by atoms with van der Waals surface area (Å²) in [6.45, 7) is 1.90. The highest BCUT2D eigenvalue weighted by Gasteiger charge is 2.22. The van der Waals surface area contributed by atoms with Crippen LogP contribution in [0.25, 0.3) is 10.9 Å². The molecule has 0 saturated carbocycles. The summed E-state index contributed by atoms with van der Waals surface area (Å²) in [6, 6.07) is 5.87. The van der Waals surface area contributed by atoms with Gasteiger partial charge in [-0.15, -0.1) is 12.4 Å². The number of benzene rings is 1. The Labute approximate surface area is 118 Å². The van der Waals surface area contributed by atoms with Gasteiger partial charge in [-0.3, -0.25) is 9.48 Å². The molecule has 3 rings (SSSR count). The van der Waals surface area contributed by atoms with Crippen LogP contribution in [0.3, 0.4) is 0 Å². The Morgan fingerprint density at radius 2 is 2.11 bits per heavy atom. The maximum atomic E-state index is 12.4. The summed E-state index contributed by atoms with van der Waals surface area (Å²) in [7, 11) is 1.91. The average molecular weight is 280 g/mol. The second-order valence-electron chi connectivity index (χ2n) is 4.93. The van der Waals surface area contributed by atoms with Gasteiger partial charge in [0.15, 0.2) is 5.78 Å². The molecule has 2 aromatic rings. The highest BCUT2D eigenvalue weighted by atomic mass is 35.5. The predicted octanol–water partition coefficient (Wildman–Crippen LogP) is 2.18. The number of piperidine rings is 1. The van der Waals surface area contributed by atoms with E-state index < -0.39 is 0 Å². The third-order valence-corrected chi connectivity index (χ3v) is 3.74. The molecule has 1 aliphatic heterocycles. The third kappa shape index (κ3) is 2.65. The predicted molar refractivity (Wildman–Crippen MR) is 77.9 cm³/mol. The van der Waals surface area contributed by atoms with Gasteiger partial charge in [-0.2, -0.15) is 5.10 Å². The van der Waals surface area contributed by atoms with E-state index in [1.165, 1.54) is 0 Å². The van der Waals surface area contributed by atoms with Crippen LogP contribution in [0, 0.1) is 5.92 Å². The van der Waals surface area contributed by atoms with E-state index in [9.17, 15) is 4.79 Å². The quantitative estimate of drug-likeness (QED) is 0.857. The molecule has 1 aromatic carbocycles. The number of hydrogen-bond acceptors (Lipinski definition) is 3. The van der Waals surface area contributed by atoms with Gasteiger partial charge in [0.25, 0.3) is 0 Å². The highest BCUT2D eigenvalue weighted by molar-refractivity contribution is 6.00. The topological polar surface area (TPSA) is 46.9 Å². The van der Waals surface area contributed by atoms with Gasteiger partial charge in [0.1, 0.15) is 0 Å². The number of halogens is 1. The molecule has 0 amide bonds. The summed E-state index contributed by atoms with van der Waals surface area (Å²) in [5.41, 5.74) is 1.89. The molecule has 102 valence electrons. The van der Waals surface area contributed by atoms with Gasteiger partial charge in [-0.05, 0) is 44.1 Å². The molecule has 0 unspecified atom stereocenters. The highest BCUT2D eigenvalue weighted by Crippen LogP contribution is 2.21. The average Bonchev–Trinajstić information content (AvgIpc) is 2.80. The minimum Gasteiger partial charge on any atom is -0.317 e. The number of hydrogen-bond donors (Lipinski definition) is 1. The number of carbonyl (C=O) groups excluding carboxylic acids is 1. The first-order valence-corrected chi connectivity index (χ1v) is 6.42. The van der Waals surface area contributed by atoms with Crippen LogP contribution in [0.1, 0.15) is 23.2 Å². The molecular formula is C14H18ClN3O. The third-order valence-electron chi connectivity index (χ3n) is 3.74. The van der Waals surface area contributed by atoms with Crippen molar-refractivity contribution in [2.75, 3.05) is 13.1 Å². The van der Waals surface area contributed by atoms with Gasteiger partial charge >= 0.3 is 0 Å².